The first-order valence-corrected chi connectivity index (χ1v) is 9.53. The number of imidazole rings is 1. The van der Waals surface area contributed by atoms with E-state index < -0.39 is 11.6 Å². The molecule has 1 aliphatic rings. The highest BCUT2D eigenvalue weighted by atomic mass is 19.1. The molecular formula is C21H21F2N5O. The van der Waals surface area contributed by atoms with E-state index in [-0.39, 0.29) is 11.5 Å². The normalized spacial score (nSPS) is 14.9. The predicted molar refractivity (Wildman–Crippen MR) is 103 cm³/mol. The smallest absolute Gasteiger partial charge is 0.254 e. The molecule has 1 aromatic carbocycles. The van der Waals surface area contributed by atoms with Crippen molar-refractivity contribution in [1.82, 2.24) is 24.4 Å². The third-order valence-corrected chi connectivity index (χ3v) is 5.24. The number of benzene rings is 1. The van der Waals surface area contributed by atoms with Crippen LogP contribution in [0.3, 0.4) is 0 Å². The molecule has 0 aliphatic carbocycles. The van der Waals surface area contributed by atoms with Gasteiger partial charge in [-0.3, -0.25) is 9.78 Å². The monoisotopic (exact) mass is 397 g/mol. The predicted octanol–water partition coefficient (Wildman–Crippen LogP) is 3.25. The van der Waals surface area contributed by atoms with Gasteiger partial charge in [-0.25, -0.2) is 18.7 Å². The van der Waals surface area contributed by atoms with Crippen molar-refractivity contribution in [2.75, 3.05) is 13.1 Å². The minimum absolute atomic E-state index is 0.0505. The maximum atomic E-state index is 13.4. The Morgan fingerprint density at radius 1 is 1.14 bits per heavy atom. The Hall–Kier alpha value is -3.16. The van der Waals surface area contributed by atoms with Gasteiger partial charge in [-0.2, -0.15) is 0 Å². The molecule has 0 bridgehead atoms. The lowest BCUT2D eigenvalue weighted by molar-refractivity contribution is 0.0689. The van der Waals surface area contributed by atoms with Crippen molar-refractivity contribution in [1.29, 1.82) is 0 Å². The highest BCUT2D eigenvalue weighted by Crippen LogP contribution is 2.23. The molecule has 3 heterocycles. The zero-order valence-corrected chi connectivity index (χ0v) is 16.1. The summed E-state index contributed by atoms with van der Waals surface area (Å²) < 4.78 is 28.7. The molecule has 0 radical (unpaired) electrons. The Balaban J connectivity index is 1.38. The summed E-state index contributed by atoms with van der Waals surface area (Å²) in [5.41, 5.74) is 1.67. The lowest BCUT2D eigenvalue weighted by Crippen LogP contribution is -2.39. The van der Waals surface area contributed by atoms with E-state index >= 15 is 0 Å². The highest BCUT2D eigenvalue weighted by Gasteiger charge is 2.25. The van der Waals surface area contributed by atoms with Gasteiger partial charge in [0.05, 0.1) is 11.9 Å². The van der Waals surface area contributed by atoms with Gasteiger partial charge in [0.1, 0.15) is 17.3 Å². The van der Waals surface area contributed by atoms with Crippen LogP contribution in [0.25, 0.3) is 11.5 Å². The minimum Gasteiger partial charge on any atom is -0.339 e. The third-order valence-electron chi connectivity index (χ3n) is 5.24. The highest BCUT2D eigenvalue weighted by molar-refractivity contribution is 5.94. The van der Waals surface area contributed by atoms with Crippen LogP contribution in [-0.2, 0) is 13.5 Å². The summed E-state index contributed by atoms with van der Waals surface area (Å²) in [6.07, 6.45) is 9.42. The summed E-state index contributed by atoms with van der Waals surface area (Å²) in [5.74, 6) is -0.682. The van der Waals surface area contributed by atoms with Crippen LogP contribution in [0.4, 0.5) is 8.78 Å². The fourth-order valence-corrected chi connectivity index (χ4v) is 3.72. The third kappa shape index (κ3) is 4.31. The molecule has 0 N–H and O–H groups in total. The second-order valence-corrected chi connectivity index (χ2v) is 7.36. The van der Waals surface area contributed by atoms with Crippen LogP contribution in [0.1, 0.15) is 28.9 Å². The molecule has 8 heteroatoms. The maximum Gasteiger partial charge on any atom is 0.254 e. The topological polar surface area (TPSA) is 63.9 Å². The second kappa shape index (κ2) is 8.06. The van der Waals surface area contributed by atoms with E-state index in [0.717, 1.165) is 54.7 Å². The van der Waals surface area contributed by atoms with E-state index in [1.54, 1.807) is 23.5 Å². The number of hydrogen-bond acceptors (Lipinski definition) is 4. The number of rotatable bonds is 4. The van der Waals surface area contributed by atoms with E-state index in [9.17, 15) is 13.6 Å². The Kier molecular flexibility index (Phi) is 5.33. The van der Waals surface area contributed by atoms with E-state index in [1.165, 1.54) is 0 Å². The summed E-state index contributed by atoms with van der Waals surface area (Å²) in [6, 6.07) is 2.93. The molecule has 2 aromatic heterocycles. The van der Waals surface area contributed by atoms with Gasteiger partial charge in [-0.05, 0) is 37.3 Å². The first-order chi connectivity index (χ1) is 14.0. The van der Waals surface area contributed by atoms with Crippen LogP contribution in [0.5, 0.6) is 0 Å². The molecule has 0 unspecified atom stereocenters. The van der Waals surface area contributed by atoms with Crippen LogP contribution in [0.2, 0.25) is 0 Å². The van der Waals surface area contributed by atoms with Crippen LogP contribution >= 0.6 is 0 Å². The molecular weight excluding hydrogens is 376 g/mol. The Bertz CT molecular complexity index is 1010. The number of hydrogen-bond donors (Lipinski definition) is 0. The average Bonchev–Trinajstić information content (AvgIpc) is 3.13. The lowest BCUT2D eigenvalue weighted by Gasteiger charge is -2.32. The van der Waals surface area contributed by atoms with Crippen molar-refractivity contribution in [3.05, 3.63) is 65.9 Å². The standard InChI is InChI=1S/C21H21F2N5O/c1-27-7-4-25-20(27)19-13-24-12-18(26-19)8-14-2-5-28(6-3-14)21(29)15-9-16(22)11-17(23)10-15/h4,7,9-14H,2-3,5-6,8H2,1H3. The summed E-state index contributed by atoms with van der Waals surface area (Å²) >= 11 is 0. The van der Waals surface area contributed by atoms with Crippen molar-refractivity contribution >= 4 is 5.91 Å². The van der Waals surface area contributed by atoms with Gasteiger partial charge in [0, 0.05) is 50.4 Å². The van der Waals surface area contributed by atoms with E-state index in [0.29, 0.717) is 19.0 Å². The van der Waals surface area contributed by atoms with Gasteiger partial charge in [0.15, 0.2) is 5.82 Å². The zero-order valence-electron chi connectivity index (χ0n) is 16.1. The molecule has 1 fully saturated rings. The quantitative estimate of drug-likeness (QED) is 0.678. The van der Waals surface area contributed by atoms with Gasteiger partial charge in [-0.15, -0.1) is 0 Å². The molecule has 1 saturated heterocycles. The maximum absolute atomic E-state index is 13.4. The molecule has 1 amide bonds. The van der Waals surface area contributed by atoms with E-state index in [2.05, 4.69) is 15.0 Å². The second-order valence-electron chi connectivity index (χ2n) is 7.36. The molecule has 150 valence electrons. The van der Waals surface area contributed by atoms with Crippen molar-refractivity contribution in [3.63, 3.8) is 0 Å². The molecule has 6 nitrogen and oxygen atoms in total. The zero-order chi connectivity index (χ0) is 20.4. The van der Waals surface area contributed by atoms with Gasteiger partial charge in [0.25, 0.3) is 5.91 Å². The van der Waals surface area contributed by atoms with Crippen LogP contribution in [-0.4, -0.2) is 43.4 Å². The van der Waals surface area contributed by atoms with E-state index in [1.807, 2.05) is 17.8 Å². The van der Waals surface area contributed by atoms with Crippen molar-refractivity contribution in [2.24, 2.45) is 13.0 Å². The van der Waals surface area contributed by atoms with Gasteiger partial charge >= 0.3 is 0 Å². The number of aryl methyl sites for hydroxylation is 1. The average molecular weight is 397 g/mol. The Labute approximate surface area is 167 Å². The number of aromatic nitrogens is 4. The summed E-state index contributed by atoms with van der Waals surface area (Å²) in [4.78, 5) is 27.5. The van der Waals surface area contributed by atoms with Crippen LogP contribution < -0.4 is 0 Å². The number of carbonyl (C=O) groups is 1. The van der Waals surface area contributed by atoms with Crippen LogP contribution in [0, 0.1) is 17.6 Å². The number of likely N-dealkylation sites (tertiary alicyclic amines) is 1. The molecule has 3 aromatic rings. The van der Waals surface area contributed by atoms with Gasteiger partial charge in [-0.1, -0.05) is 0 Å². The fraction of sp³-hybridized carbons (Fsp3) is 0.333. The van der Waals surface area contributed by atoms with Crippen molar-refractivity contribution in [3.8, 4) is 11.5 Å². The molecule has 0 saturated carbocycles. The minimum atomic E-state index is -0.741. The van der Waals surface area contributed by atoms with Crippen molar-refractivity contribution in [2.45, 2.75) is 19.3 Å². The SMILES string of the molecule is Cn1ccnc1-c1cncc(CC2CCN(C(=O)c3cc(F)cc(F)c3)CC2)n1. The molecule has 0 atom stereocenters. The number of nitrogens with zero attached hydrogens (tertiary/aromatic N) is 5. The summed E-state index contributed by atoms with van der Waals surface area (Å²) in [5, 5.41) is 0. The summed E-state index contributed by atoms with van der Waals surface area (Å²) in [7, 11) is 1.91. The Morgan fingerprint density at radius 3 is 2.52 bits per heavy atom. The number of carbonyl (C=O) groups excluding carboxylic acids is 1. The molecule has 29 heavy (non-hydrogen) atoms. The first kappa shape index (κ1) is 19.2. The van der Waals surface area contributed by atoms with Gasteiger partial charge in [0.2, 0.25) is 0 Å². The Morgan fingerprint density at radius 2 is 1.86 bits per heavy atom. The number of halogens is 2. The van der Waals surface area contributed by atoms with Crippen molar-refractivity contribution < 1.29 is 13.6 Å². The number of piperidine rings is 1. The number of amides is 1. The fourth-order valence-electron chi connectivity index (χ4n) is 3.72. The lowest BCUT2D eigenvalue weighted by atomic mass is 9.92. The largest absolute Gasteiger partial charge is 0.339 e. The van der Waals surface area contributed by atoms with E-state index in [4.69, 9.17) is 0 Å². The first-order valence-electron chi connectivity index (χ1n) is 9.53. The van der Waals surface area contributed by atoms with Crippen LogP contribution in [0.15, 0.2) is 43.0 Å². The molecule has 4 rings (SSSR count). The molecule has 0 spiro atoms. The molecule has 1 aliphatic heterocycles. The van der Waals surface area contributed by atoms with Gasteiger partial charge < -0.3 is 9.47 Å². The summed E-state index contributed by atoms with van der Waals surface area (Å²) in [6.45, 7) is 1.10.